The van der Waals surface area contributed by atoms with Crippen molar-refractivity contribution in [2.75, 3.05) is 13.1 Å². The maximum atomic E-state index is 12.9. The van der Waals surface area contributed by atoms with Crippen LogP contribution in [0.15, 0.2) is 36.1 Å². The molecule has 0 aromatic heterocycles. The van der Waals surface area contributed by atoms with Gasteiger partial charge in [0.15, 0.2) is 0 Å². The van der Waals surface area contributed by atoms with Crippen molar-refractivity contribution in [1.29, 1.82) is 0 Å². The predicted molar refractivity (Wildman–Crippen MR) is 90.0 cm³/mol. The quantitative estimate of drug-likeness (QED) is 0.774. The number of aliphatic hydroxyl groups excluding tert-OH is 1. The molecule has 0 saturated heterocycles. The van der Waals surface area contributed by atoms with Gasteiger partial charge in [0, 0.05) is 13.1 Å². The van der Waals surface area contributed by atoms with Gasteiger partial charge in [-0.05, 0) is 49.8 Å². The fourth-order valence-corrected chi connectivity index (χ4v) is 3.14. The Balaban J connectivity index is 2.27. The Hall–Kier alpha value is -1.77. The number of nitrogens with zero attached hydrogens (tertiary/aromatic N) is 1. The molecule has 1 fully saturated rings. The van der Waals surface area contributed by atoms with E-state index in [1.54, 1.807) is 0 Å². The lowest BCUT2D eigenvalue weighted by atomic mass is 9.91. The molecule has 1 aliphatic carbocycles. The van der Waals surface area contributed by atoms with Gasteiger partial charge in [0.1, 0.15) is 5.41 Å². The maximum absolute atomic E-state index is 12.9. The van der Waals surface area contributed by atoms with Crippen molar-refractivity contribution in [3.8, 4) is 0 Å². The van der Waals surface area contributed by atoms with Crippen molar-refractivity contribution in [2.24, 2.45) is 0 Å². The van der Waals surface area contributed by atoms with Crippen LogP contribution in [0.25, 0.3) is 0 Å². The first-order valence-electron chi connectivity index (χ1n) is 8.36. The highest BCUT2D eigenvalue weighted by Crippen LogP contribution is 2.54. The summed E-state index contributed by atoms with van der Waals surface area (Å²) < 4.78 is 0. The Kier molecular flexibility index (Phi) is 5.28. The molecule has 3 heteroatoms. The van der Waals surface area contributed by atoms with Gasteiger partial charge in [-0.1, -0.05) is 37.6 Å². The first kappa shape index (κ1) is 16.6. The first-order valence-corrected chi connectivity index (χ1v) is 8.36. The average Bonchev–Trinajstić information content (AvgIpc) is 3.30. The minimum Gasteiger partial charge on any atom is -0.516 e. The van der Waals surface area contributed by atoms with Crippen molar-refractivity contribution < 1.29 is 9.90 Å². The second-order valence-electron chi connectivity index (χ2n) is 6.01. The molecule has 0 bridgehead atoms. The third kappa shape index (κ3) is 2.90. The van der Waals surface area contributed by atoms with Crippen molar-refractivity contribution in [1.82, 2.24) is 4.90 Å². The molecule has 0 heterocycles. The van der Waals surface area contributed by atoms with E-state index in [1.807, 2.05) is 18.7 Å². The smallest absolute Gasteiger partial charge is 0.237 e. The Morgan fingerprint density at radius 3 is 2.32 bits per heavy atom. The number of unbranched alkanes of at least 4 members (excludes halogenated alkanes) is 1. The van der Waals surface area contributed by atoms with Crippen LogP contribution in [0.4, 0.5) is 0 Å². The summed E-state index contributed by atoms with van der Waals surface area (Å²) in [7, 11) is 0. The molecule has 1 aliphatic rings. The van der Waals surface area contributed by atoms with Crippen molar-refractivity contribution in [2.45, 2.75) is 51.9 Å². The van der Waals surface area contributed by atoms with E-state index in [4.69, 9.17) is 0 Å². The number of benzene rings is 1. The number of carbonyl (C=O) groups is 1. The van der Waals surface area contributed by atoms with E-state index in [0.29, 0.717) is 19.5 Å². The minimum atomic E-state index is -0.621. The number of rotatable bonds is 7. The molecule has 0 unspecified atom stereocenters. The molecule has 1 saturated carbocycles. The van der Waals surface area contributed by atoms with E-state index in [9.17, 15) is 9.90 Å². The molecule has 1 aromatic carbocycles. The zero-order chi connectivity index (χ0) is 16.2. The van der Waals surface area contributed by atoms with Gasteiger partial charge < -0.3 is 10.0 Å². The fraction of sp³-hybridized carbons (Fsp3) is 0.526. The van der Waals surface area contributed by atoms with Crippen LogP contribution in [0.5, 0.6) is 0 Å². The third-order valence-corrected chi connectivity index (χ3v) is 4.72. The van der Waals surface area contributed by atoms with Crippen LogP contribution >= 0.6 is 0 Å². The van der Waals surface area contributed by atoms with Crippen LogP contribution in [0.1, 0.15) is 51.2 Å². The van der Waals surface area contributed by atoms with Crippen molar-refractivity contribution in [3.05, 3.63) is 47.2 Å². The van der Waals surface area contributed by atoms with Crippen LogP contribution in [0.3, 0.4) is 0 Å². The lowest BCUT2D eigenvalue weighted by molar-refractivity contribution is -0.133. The second-order valence-corrected chi connectivity index (χ2v) is 6.01. The van der Waals surface area contributed by atoms with E-state index in [1.165, 1.54) is 18.4 Å². The zero-order valence-electron chi connectivity index (χ0n) is 13.9. The number of carbonyl (C=O) groups excluding carboxylic acids is 1. The van der Waals surface area contributed by atoms with Gasteiger partial charge in [-0.2, -0.15) is 0 Å². The van der Waals surface area contributed by atoms with Crippen LogP contribution in [0, 0.1) is 0 Å². The number of hydrogen-bond donors (Lipinski definition) is 1. The van der Waals surface area contributed by atoms with Gasteiger partial charge in [0.25, 0.3) is 0 Å². The second kappa shape index (κ2) is 6.99. The number of likely N-dealkylation sites (N-methyl/N-ethyl adjacent to an activating group) is 1. The Bertz CT molecular complexity index is 543. The predicted octanol–water partition coefficient (Wildman–Crippen LogP) is 3.98. The first-order chi connectivity index (χ1) is 10.6. The highest BCUT2D eigenvalue weighted by Gasteiger charge is 2.58. The van der Waals surface area contributed by atoms with Gasteiger partial charge in [-0.25, -0.2) is 0 Å². The zero-order valence-corrected chi connectivity index (χ0v) is 13.9. The molecule has 1 aromatic rings. The summed E-state index contributed by atoms with van der Waals surface area (Å²) >= 11 is 0. The average molecular weight is 301 g/mol. The summed E-state index contributed by atoms with van der Waals surface area (Å²) in [4.78, 5) is 14.7. The molecule has 0 spiro atoms. The largest absolute Gasteiger partial charge is 0.516 e. The summed E-state index contributed by atoms with van der Waals surface area (Å²) in [6.45, 7) is 7.57. The highest BCUT2D eigenvalue weighted by molar-refractivity contribution is 5.97. The van der Waals surface area contributed by atoms with Gasteiger partial charge in [-0.3, -0.25) is 4.79 Å². The Labute approximate surface area is 133 Å². The monoisotopic (exact) mass is 301 g/mol. The van der Waals surface area contributed by atoms with E-state index in [-0.39, 0.29) is 5.91 Å². The molecule has 0 aliphatic heterocycles. The Morgan fingerprint density at radius 1 is 1.23 bits per heavy atom. The third-order valence-electron chi connectivity index (χ3n) is 4.72. The number of amides is 1. The van der Waals surface area contributed by atoms with Crippen LogP contribution in [0.2, 0.25) is 0 Å². The van der Waals surface area contributed by atoms with E-state index in [2.05, 4.69) is 31.2 Å². The SMILES string of the molecule is CCCCc1ccc([C@]2(C(=O)N(CC)CC)C/C2=C\O)cc1. The van der Waals surface area contributed by atoms with Crippen LogP contribution in [-0.4, -0.2) is 29.0 Å². The van der Waals surface area contributed by atoms with Gasteiger partial charge in [-0.15, -0.1) is 0 Å². The van der Waals surface area contributed by atoms with E-state index in [0.717, 1.165) is 23.8 Å². The normalized spacial score (nSPS) is 21.9. The molecular weight excluding hydrogens is 274 g/mol. The van der Waals surface area contributed by atoms with Crippen LogP contribution in [-0.2, 0) is 16.6 Å². The topological polar surface area (TPSA) is 40.5 Å². The van der Waals surface area contributed by atoms with Gasteiger partial charge in [0.2, 0.25) is 5.91 Å². The fourth-order valence-electron chi connectivity index (χ4n) is 3.14. The maximum Gasteiger partial charge on any atom is 0.237 e. The summed E-state index contributed by atoms with van der Waals surface area (Å²) in [6, 6.07) is 8.36. The van der Waals surface area contributed by atoms with E-state index >= 15 is 0 Å². The highest BCUT2D eigenvalue weighted by atomic mass is 16.2. The summed E-state index contributed by atoms with van der Waals surface area (Å²) in [5.41, 5.74) is 2.52. The van der Waals surface area contributed by atoms with Gasteiger partial charge >= 0.3 is 0 Å². The van der Waals surface area contributed by atoms with E-state index < -0.39 is 5.41 Å². The standard InChI is InChI=1S/C19H27NO2/c1-4-7-8-15-9-11-16(12-10-15)19(13-17(19)14-21)18(22)20(5-2)6-3/h9-12,14,21H,4-8,13H2,1-3H3/b17-14+/t19-/m1/s1. The number of hydrogen-bond acceptors (Lipinski definition) is 2. The molecule has 120 valence electrons. The molecule has 1 amide bonds. The van der Waals surface area contributed by atoms with Crippen molar-refractivity contribution >= 4 is 5.91 Å². The molecular formula is C19H27NO2. The molecule has 0 radical (unpaired) electrons. The van der Waals surface area contributed by atoms with Gasteiger partial charge in [0.05, 0.1) is 6.26 Å². The summed E-state index contributed by atoms with van der Waals surface area (Å²) in [6.07, 6.45) is 5.20. The molecule has 1 N–H and O–H groups in total. The number of aliphatic hydroxyl groups is 1. The summed E-state index contributed by atoms with van der Waals surface area (Å²) in [5, 5.41) is 9.42. The number of aryl methyl sites for hydroxylation is 1. The molecule has 3 nitrogen and oxygen atoms in total. The lowest BCUT2D eigenvalue weighted by Gasteiger charge is -2.25. The summed E-state index contributed by atoms with van der Waals surface area (Å²) in [5.74, 6) is 0.110. The minimum absolute atomic E-state index is 0.110. The lowest BCUT2D eigenvalue weighted by Crippen LogP contribution is -2.39. The molecule has 1 atom stereocenters. The van der Waals surface area contributed by atoms with Crippen molar-refractivity contribution in [3.63, 3.8) is 0 Å². The van der Waals surface area contributed by atoms with Crippen LogP contribution < -0.4 is 0 Å². The Morgan fingerprint density at radius 2 is 1.86 bits per heavy atom. The molecule has 2 rings (SSSR count). The molecule has 22 heavy (non-hydrogen) atoms.